The minimum Gasteiger partial charge on any atom is -0.318 e. The van der Waals surface area contributed by atoms with E-state index in [0.29, 0.717) is 11.7 Å². The molecule has 0 saturated carbocycles. The fourth-order valence-corrected chi connectivity index (χ4v) is 3.11. The summed E-state index contributed by atoms with van der Waals surface area (Å²) in [6, 6.07) is 5.84. The molecule has 1 aromatic carbocycles. The first-order valence-corrected chi connectivity index (χ1v) is 7.63. The lowest BCUT2D eigenvalue weighted by Gasteiger charge is -2.35. The number of nitro benzene ring substituents is 1. The van der Waals surface area contributed by atoms with E-state index in [-0.39, 0.29) is 5.69 Å². The number of anilines is 1. The molecule has 0 bridgehead atoms. The largest absolute Gasteiger partial charge is 0.318 e. The molecule has 0 spiro atoms. The van der Waals surface area contributed by atoms with Gasteiger partial charge in [0, 0.05) is 18.7 Å². The van der Waals surface area contributed by atoms with Gasteiger partial charge in [0.1, 0.15) is 5.69 Å². The highest BCUT2D eigenvalue weighted by molar-refractivity contribution is 5.61. The van der Waals surface area contributed by atoms with Gasteiger partial charge >= 0.3 is 0 Å². The zero-order valence-corrected chi connectivity index (χ0v) is 12.5. The van der Waals surface area contributed by atoms with E-state index < -0.39 is 4.92 Å². The molecule has 1 fully saturated rings. The second kappa shape index (κ2) is 7.38. The molecule has 6 heteroatoms. The first-order valence-electron chi connectivity index (χ1n) is 7.63. The predicted molar refractivity (Wildman–Crippen MR) is 83.9 cm³/mol. The summed E-state index contributed by atoms with van der Waals surface area (Å²) in [5.41, 5.74) is 3.75. The number of nitrogens with two attached hydrogens (primary N) is 1. The molecule has 0 radical (unpaired) electrons. The molecule has 1 aliphatic heterocycles. The summed E-state index contributed by atoms with van der Waals surface area (Å²) < 4.78 is 0. The Labute approximate surface area is 125 Å². The third kappa shape index (κ3) is 3.92. The second-order valence-corrected chi connectivity index (χ2v) is 5.66. The maximum atomic E-state index is 11.1. The van der Waals surface area contributed by atoms with Crippen LogP contribution in [0.25, 0.3) is 0 Å². The van der Waals surface area contributed by atoms with Crippen LogP contribution in [-0.2, 0) is 6.54 Å². The van der Waals surface area contributed by atoms with Crippen molar-refractivity contribution in [2.24, 2.45) is 5.84 Å². The molecule has 1 heterocycles. The quantitative estimate of drug-likeness (QED) is 0.478. The second-order valence-electron chi connectivity index (χ2n) is 5.66. The van der Waals surface area contributed by atoms with Crippen molar-refractivity contribution in [3.05, 3.63) is 33.9 Å². The fourth-order valence-electron chi connectivity index (χ4n) is 3.11. The summed E-state index contributed by atoms with van der Waals surface area (Å²) in [6.45, 7) is 4.06. The third-order valence-corrected chi connectivity index (χ3v) is 4.17. The fraction of sp³-hybridized carbons (Fsp3) is 0.600. The van der Waals surface area contributed by atoms with Gasteiger partial charge in [-0.25, -0.2) is 0 Å². The van der Waals surface area contributed by atoms with E-state index in [1.165, 1.54) is 32.1 Å². The Bertz CT molecular complexity index is 491. The molecule has 1 atom stereocenters. The van der Waals surface area contributed by atoms with Crippen LogP contribution in [0.15, 0.2) is 18.2 Å². The molecule has 0 aliphatic carbocycles. The van der Waals surface area contributed by atoms with E-state index in [2.05, 4.69) is 17.2 Å². The number of rotatable bonds is 6. The Hall–Kier alpha value is -1.66. The lowest BCUT2D eigenvalue weighted by molar-refractivity contribution is -0.384. The van der Waals surface area contributed by atoms with E-state index in [1.807, 2.05) is 6.07 Å². The van der Waals surface area contributed by atoms with Crippen LogP contribution in [-0.4, -0.2) is 22.4 Å². The van der Waals surface area contributed by atoms with Crippen LogP contribution in [0, 0.1) is 10.1 Å². The van der Waals surface area contributed by atoms with Crippen molar-refractivity contribution in [2.45, 2.75) is 51.6 Å². The first kappa shape index (κ1) is 15.7. The van der Waals surface area contributed by atoms with Crippen molar-refractivity contribution in [2.75, 3.05) is 12.0 Å². The Morgan fingerprint density at radius 1 is 1.48 bits per heavy atom. The topological polar surface area (TPSA) is 84.4 Å². The van der Waals surface area contributed by atoms with Crippen LogP contribution >= 0.6 is 0 Å². The van der Waals surface area contributed by atoms with Gasteiger partial charge < -0.3 is 5.43 Å². The zero-order valence-electron chi connectivity index (χ0n) is 12.5. The minimum atomic E-state index is -0.390. The van der Waals surface area contributed by atoms with E-state index in [4.69, 9.17) is 5.84 Å². The van der Waals surface area contributed by atoms with Gasteiger partial charge in [0.25, 0.3) is 5.69 Å². The molecule has 116 valence electrons. The summed E-state index contributed by atoms with van der Waals surface area (Å²) in [6.07, 6.45) is 6.11. The molecule has 0 aromatic heterocycles. The van der Waals surface area contributed by atoms with Crippen LogP contribution in [0.4, 0.5) is 11.4 Å². The van der Waals surface area contributed by atoms with Crippen LogP contribution < -0.4 is 11.3 Å². The van der Waals surface area contributed by atoms with Gasteiger partial charge in [-0.05, 0) is 37.4 Å². The van der Waals surface area contributed by atoms with E-state index in [0.717, 1.165) is 18.7 Å². The number of hydrogen-bond donors (Lipinski definition) is 2. The molecule has 3 N–H and O–H groups in total. The molecular formula is C15H24N4O2. The highest BCUT2D eigenvalue weighted by atomic mass is 16.6. The Morgan fingerprint density at radius 3 is 2.95 bits per heavy atom. The maximum Gasteiger partial charge on any atom is 0.293 e. The number of hydrogen-bond acceptors (Lipinski definition) is 5. The lowest BCUT2D eigenvalue weighted by atomic mass is 9.97. The van der Waals surface area contributed by atoms with Crippen LogP contribution in [0.2, 0.25) is 0 Å². The summed E-state index contributed by atoms with van der Waals surface area (Å²) in [5.74, 6) is 5.32. The standard InChI is InChI=1S/C15H24N4O2/c1-2-5-13-6-3-4-9-18(13)11-12-7-8-14(17-16)15(10-12)19(20)21/h7-8,10,13,17H,2-6,9,11,16H2,1H3. The van der Waals surface area contributed by atoms with E-state index >= 15 is 0 Å². The molecular weight excluding hydrogens is 268 g/mol. The Balaban J connectivity index is 2.14. The van der Waals surface area contributed by atoms with Crippen molar-refractivity contribution >= 4 is 11.4 Å². The average molecular weight is 292 g/mol. The molecule has 1 saturated heterocycles. The monoisotopic (exact) mass is 292 g/mol. The summed E-state index contributed by atoms with van der Waals surface area (Å²) in [4.78, 5) is 13.2. The number of nitro groups is 1. The van der Waals surface area contributed by atoms with Gasteiger partial charge in [-0.1, -0.05) is 25.8 Å². The smallest absolute Gasteiger partial charge is 0.293 e. The van der Waals surface area contributed by atoms with Crippen LogP contribution in [0.1, 0.15) is 44.6 Å². The normalized spacial score (nSPS) is 19.4. The Morgan fingerprint density at radius 2 is 2.29 bits per heavy atom. The first-order chi connectivity index (χ1) is 10.2. The highest BCUT2D eigenvalue weighted by Crippen LogP contribution is 2.27. The molecule has 2 rings (SSSR count). The van der Waals surface area contributed by atoms with Gasteiger partial charge in [-0.2, -0.15) is 0 Å². The summed E-state index contributed by atoms with van der Waals surface area (Å²) >= 11 is 0. The summed E-state index contributed by atoms with van der Waals surface area (Å²) in [7, 11) is 0. The number of nitrogen functional groups attached to an aromatic ring is 1. The number of nitrogens with zero attached hydrogens (tertiary/aromatic N) is 2. The van der Waals surface area contributed by atoms with Crippen molar-refractivity contribution in [3.8, 4) is 0 Å². The lowest BCUT2D eigenvalue weighted by Crippen LogP contribution is -2.38. The number of piperidine rings is 1. The molecule has 1 aliphatic rings. The SMILES string of the molecule is CCCC1CCCCN1Cc1ccc(NN)c([N+](=O)[O-])c1. The summed E-state index contributed by atoms with van der Waals surface area (Å²) in [5, 5.41) is 11.1. The maximum absolute atomic E-state index is 11.1. The molecule has 21 heavy (non-hydrogen) atoms. The number of likely N-dealkylation sites (tertiary alicyclic amines) is 1. The minimum absolute atomic E-state index is 0.0408. The zero-order chi connectivity index (χ0) is 15.2. The van der Waals surface area contributed by atoms with Crippen LogP contribution in [0.5, 0.6) is 0 Å². The molecule has 6 nitrogen and oxygen atoms in total. The molecule has 1 aromatic rings. The Kier molecular flexibility index (Phi) is 5.52. The van der Waals surface area contributed by atoms with Gasteiger partial charge in [-0.3, -0.25) is 20.9 Å². The predicted octanol–water partition coefficient (Wildman–Crippen LogP) is 3.04. The highest BCUT2D eigenvalue weighted by Gasteiger charge is 2.22. The number of hydrazine groups is 1. The van der Waals surface area contributed by atoms with E-state index in [9.17, 15) is 10.1 Å². The number of nitrogens with one attached hydrogen (secondary N) is 1. The number of benzene rings is 1. The molecule has 0 amide bonds. The van der Waals surface area contributed by atoms with Crippen molar-refractivity contribution in [1.29, 1.82) is 0 Å². The van der Waals surface area contributed by atoms with Crippen molar-refractivity contribution < 1.29 is 4.92 Å². The van der Waals surface area contributed by atoms with Crippen molar-refractivity contribution in [1.82, 2.24) is 4.90 Å². The van der Waals surface area contributed by atoms with Crippen LogP contribution in [0.3, 0.4) is 0 Å². The van der Waals surface area contributed by atoms with Gasteiger partial charge in [0.2, 0.25) is 0 Å². The van der Waals surface area contributed by atoms with Gasteiger partial charge in [-0.15, -0.1) is 0 Å². The van der Waals surface area contributed by atoms with Gasteiger partial charge in [0.15, 0.2) is 0 Å². The van der Waals surface area contributed by atoms with Gasteiger partial charge in [0.05, 0.1) is 4.92 Å². The van der Waals surface area contributed by atoms with E-state index in [1.54, 1.807) is 12.1 Å². The molecule has 1 unspecified atom stereocenters. The van der Waals surface area contributed by atoms with Crippen molar-refractivity contribution in [3.63, 3.8) is 0 Å². The average Bonchev–Trinajstić information content (AvgIpc) is 2.49. The third-order valence-electron chi connectivity index (χ3n) is 4.17.